The number of carbonyl (C=O) groups excluding carboxylic acids is 1. The summed E-state index contributed by atoms with van der Waals surface area (Å²) in [4.78, 5) is 13.8. The molecule has 0 aliphatic rings. The summed E-state index contributed by atoms with van der Waals surface area (Å²) in [7, 11) is 1.83. The van der Waals surface area contributed by atoms with Crippen molar-refractivity contribution >= 4 is 21.8 Å². The Kier molecular flexibility index (Phi) is 6.02. The lowest BCUT2D eigenvalue weighted by molar-refractivity contribution is -0.130. The van der Waals surface area contributed by atoms with Crippen molar-refractivity contribution < 1.29 is 9.21 Å². The highest BCUT2D eigenvalue weighted by Gasteiger charge is 2.10. The molecule has 21 heavy (non-hydrogen) atoms. The molecule has 0 radical (unpaired) electrons. The van der Waals surface area contributed by atoms with Crippen molar-refractivity contribution in [2.24, 2.45) is 0 Å². The van der Waals surface area contributed by atoms with Crippen LogP contribution in [0.25, 0.3) is 0 Å². The van der Waals surface area contributed by atoms with Gasteiger partial charge in [-0.3, -0.25) is 4.79 Å². The van der Waals surface area contributed by atoms with Crippen molar-refractivity contribution in [3.05, 3.63) is 58.5 Å². The second-order valence-corrected chi connectivity index (χ2v) is 5.70. The standard InChI is InChI=1S/C16H19BrN2O2/c1-19(12-13-5-2-3-7-15(13)17)16(20)8-9-18-11-14-6-4-10-21-14/h2-7,10,18H,8-9,11-12H2,1H3. The summed E-state index contributed by atoms with van der Waals surface area (Å²) < 4.78 is 6.25. The summed E-state index contributed by atoms with van der Waals surface area (Å²) in [6.07, 6.45) is 2.12. The van der Waals surface area contributed by atoms with Crippen molar-refractivity contribution in [2.75, 3.05) is 13.6 Å². The van der Waals surface area contributed by atoms with E-state index in [0.29, 0.717) is 26.1 Å². The fraction of sp³-hybridized carbons (Fsp3) is 0.312. The van der Waals surface area contributed by atoms with Crippen LogP contribution in [-0.4, -0.2) is 24.4 Å². The van der Waals surface area contributed by atoms with E-state index in [1.807, 2.05) is 43.4 Å². The molecule has 2 rings (SSSR count). The van der Waals surface area contributed by atoms with Crippen LogP contribution in [0.4, 0.5) is 0 Å². The van der Waals surface area contributed by atoms with Crippen LogP contribution in [0.2, 0.25) is 0 Å². The van der Waals surface area contributed by atoms with E-state index < -0.39 is 0 Å². The van der Waals surface area contributed by atoms with E-state index >= 15 is 0 Å². The molecular formula is C16H19BrN2O2. The maximum Gasteiger partial charge on any atom is 0.223 e. The van der Waals surface area contributed by atoms with Crippen LogP contribution in [0, 0.1) is 0 Å². The Morgan fingerprint density at radius 2 is 2.10 bits per heavy atom. The molecule has 1 amide bonds. The Morgan fingerprint density at radius 3 is 2.81 bits per heavy atom. The SMILES string of the molecule is CN(Cc1ccccc1Br)C(=O)CCNCc1ccco1. The van der Waals surface area contributed by atoms with Gasteiger partial charge in [0.2, 0.25) is 5.91 Å². The predicted octanol–water partition coefficient (Wildman–Crippen LogP) is 3.18. The molecule has 0 atom stereocenters. The molecule has 1 N–H and O–H groups in total. The zero-order chi connectivity index (χ0) is 15.1. The Balaban J connectivity index is 1.71. The lowest BCUT2D eigenvalue weighted by atomic mass is 10.2. The first-order valence-electron chi connectivity index (χ1n) is 6.87. The summed E-state index contributed by atoms with van der Waals surface area (Å²) in [6.45, 7) is 1.90. The first-order chi connectivity index (χ1) is 10.2. The van der Waals surface area contributed by atoms with Crippen LogP contribution in [0.15, 0.2) is 51.6 Å². The molecule has 4 nitrogen and oxygen atoms in total. The molecule has 0 bridgehead atoms. The molecule has 1 aromatic carbocycles. The quantitative estimate of drug-likeness (QED) is 0.780. The van der Waals surface area contributed by atoms with Gasteiger partial charge in [-0.25, -0.2) is 0 Å². The molecule has 0 unspecified atom stereocenters. The van der Waals surface area contributed by atoms with E-state index in [1.54, 1.807) is 11.2 Å². The van der Waals surface area contributed by atoms with Crippen LogP contribution >= 0.6 is 15.9 Å². The smallest absolute Gasteiger partial charge is 0.223 e. The number of carbonyl (C=O) groups is 1. The third-order valence-electron chi connectivity index (χ3n) is 3.19. The molecule has 0 saturated carbocycles. The third kappa shape index (κ3) is 5.02. The first kappa shape index (κ1) is 15.8. The van der Waals surface area contributed by atoms with Gasteiger partial charge in [0.1, 0.15) is 5.76 Å². The van der Waals surface area contributed by atoms with Crippen LogP contribution < -0.4 is 5.32 Å². The molecule has 0 spiro atoms. The molecule has 1 aromatic heterocycles. The average Bonchev–Trinajstić information content (AvgIpc) is 2.99. The van der Waals surface area contributed by atoms with Gasteiger partial charge in [-0.05, 0) is 23.8 Å². The van der Waals surface area contributed by atoms with Crippen LogP contribution in [0.1, 0.15) is 17.7 Å². The van der Waals surface area contributed by atoms with Crippen LogP contribution in [-0.2, 0) is 17.9 Å². The highest BCUT2D eigenvalue weighted by Crippen LogP contribution is 2.17. The van der Waals surface area contributed by atoms with Gasteiger partial charge in [0.25, 0.3) is 0 Å². The van der Waals surface area contributed by atoms with Crippen molar-refractivity contribution in [3.63, 3.8) is 0 Å². The number of hydrogen-bond acceptors (Lipinski definition) is 3. The second kappa shape index (κ2) is 8.00. The number of hydrogen-bond donors (Lipinski definition) is 1. The Bertz CT molecular complexity index is 569. The molecule has 1 heterocycles. The number of nitrogens with one attached hydrogen (secondary N) is 1. The molecule has 2 aromatic rings. The Hall–Kier alpha value is -1.59. The summed E-state index contributed by atoms with van der Waals surface area (Å²) in [5, 5.41) is 3.20. The molecule has 0 aliphatic carbocycles. The number of benzene rings is 1. The van der Waals surface area contributed by atoms with Gasteiger partial charge >= 0.3 is 0 Å². The Morgan fingerprint density at radius 1 is 1.29 bits per heavy atom. The number of rotatable bonds is 7. The summed E-state index contributed by atoms with van der Waals surface area (Å²) in [5.74, 6) is 1.00. The van der Waals surface area contributed by atoms with Gasteiger partial charge in [-0.1, -0.05) is 34.1 Å². The number of nitrogens with zero attached hydrogens (tertiary/aromatic N) is 1. The zero-order valence-corrected chi connectivity index (χ0v) is 13.6. The number of amides is 1. The molecule has 112 valence electrons. The van der Waals surface area contributed by atoms with Crippen molar-refractivity contribution in [2.45, 2.75) is 19.5 Å². The summed E-state index contributed by atoms with van der Waals surface area (Å²) >= 11 is 3.50. The van der Waals surface area contributed by atoms with Crippen LogP contribution in [0.3, 0.4) is 0 Å². The molecule has 0 aliphatic heterocycles. The lowest BCUT2D eigenvalue weighted by Crippen LogP contribution is -2.29. The fourth-order valence-electron chi connectivity index (χ4n) is 1.98. The van der Waals surface area contributed by atoms with E-state index in [1.165, 1.54) is 0 Å². The van der Waals surface area contributed by atoms with Gasteiger partial charge in [0, 0.05) is 31.0 Å². The van der Waals surface area contributed by atoms with E-state index in [-0.39, 0.29) is 5.91 Å². The largest absolute Gasteiger partial charge is 0.468 e. The van der Waals surface area contributed by atoms with Gasteiger partial charge in [-0.15, -0.1) is 0 Å². The Labute approximate surface area is 133 Å². The summed E-state index contributed by atoms with van der Waals surface area (Å²) in [5.41, 5.74) is 1.11. The normalized spacial score (nSPS) is 10.6. The lowest BCUT2D eigenvalue weighted by Gasteiger charge is -2.18. The van der Waals surface area contributed by atoms with Crippen LogP contribution in [0.5, 0.6) is 0 Å². The minimum Gasteiger partial charge on any atom is -0.468 e. The third-order valence-corrected chi connectivity index (χ3v) is 3.96. The van der Waals surface area contributed by atoms with Crippen molar-refractivity contribution in [3.8, 4) is 0 Å². The maximum atomic E-state index is 12.1. The predicted molar refractivity (Wildman–Crippen MR) is 85.6 cm³/mol. The molecule has 0 fully saturated rings. The first-order valence-corrected chi connectivity index (χ1v) is 7.66. The van der Waals surface area contributed by atoms with Gasteiger partial charge < -0.3 is 14.6 Å². The highest BCUT2D eigenvalue weighted by molar-refractivity contribution is 9.10. The fourth-order valence-corrected chi connectivity index (χ4v) is 2.39. The number of furan rings is 1. The topological polar surface area (TPSA) is 45.5 Å². The van der Waals surface area contributed by atoms with E-state index in [9.17, 15) is 4.79 Å². The maximum absolute atomic E-state index is 12.1. The second-order valence-electron chi connectivity index (χ2n) is 4.85. The van der Waals surface area contributed by atoms with Gasteiger partial charge in [0.15, 0.2) is 0 Å². The highest BCUT2D eigenvalue weighted by atomic mass is 79.9. The summed E-state index contributed by atoms with van der Waals surface area (Å²) in [6, 6.07) is 11.7. The monoisotopic (exact) mass is 350 g/mol. The van der Waals surface area contributed by atoms with Gasteiger partial charge in [-0.2, -0.15) is 0 Å². The molecular weight excluding hydrogens is 332 g/mol. The zero-order valence-electron chi connectivity index (χ0n) is 12.0. The average molecular weight is 351 g/mol. The van der Waals surface area contributed by atoms with E-state index in [2.05, 4.69) is 21.2 Å². The molecule has 0 saturated heterocycles. The van der Waals surface area contributed by atoms with Gasteiger partial charge in [0.05, 0.1) is 12.8 Å². The minimum absolute atomic E-state index is 0.123. The van der Waals surface area contributed by atoms with E-state index in [0.717, 1.165) is 15.8 Å². The molecule has 5 heteroatoms. The number of halogens is 1. The van der Waals surface area contributed by atoms with Crippen molar-refractivity contribution in [1.82, 2.24) is 10.2 Å². The minimum atomic E-state index is 0.123. The van der Waals surface area contributed by atoms with E-state index in [4.69, 9.17) is 4.42 Å². The van der Waals surface area contributed by atoms with Crippen molar-refractivity contribution in [1.29, 1.82) is 0 Å².